The molecule has 0 radical (unpaired) electrons. The summed E-state index contributed by atoms with van der Waals surface area (Å²) in [5.74, 6) is 0.248. The lowest BCUT2D eigenvalue weighted by Crippen LogP contribution is -2.50. The molecule has 16 heavy (non-hydrogen) atoms. The Bertz CT molecular complexity index is 278. The van der Waals surface area contributed by atoms with Gasteiger partial charge in [0, 0.05) is 25.4 Å². The van der Waals surface area contributed by atoms with Crippen LogP contribution in [0.5, 0.6) is 0 Å². The fraction of sp³-hybridized carbons (Fsp3) is 0.833. The molecule has 4 nitrogen and oxygen atoms in total. The Labute approximate surface area is 95.6 Å². The molecule has 0 unspecified atom stereocenters. The second-order valence-electron chi connectivity index (χ2n) is 5.12. The van der Waals surface area contributed by atoms with Crippen LogP contribution >= 0.6 is 0 Å². The molecule has 1 aliphatic carbocycles. The molecule has 4 heteroatoms. The van der Waals surface area contributed by atoms with E-state index in [0.29, 0.717) is 25.4 Å². The van der Waals surface area contributed by atoms with Gasteiger partial charge in [-0.1, -0.05) is 12.8 Å². The Morgan fingerprint density at radius 3 is 2.25 bits per heavy atom. The summed E-state index contributed by atoms with van der Waals surface area (Å²) in [6.07, 6.45) is 5.79. The van der Waals surface area contributed by atoms with Crippen LogP contribution in [0, 0.1) is 11.8 Å². The van der Waals surface area contributed by atoms with Gasteiger partial charge in [0.25, 0.3) is 0 Å². The molecule has 0 spiro atoms. The zero-order chi connectivity index (χ0) is 11.5. The highest BCUT2D eigenvalue weighted by Crippen LogP contribution is 2.29. The highest BCUT2D eigenvalue weighted by atomic mass is 16.4. The SMILES string of the molecule is O=C(O)CC1CN(C(=O)CC2CCCC2)C1. The molecule has 90 valence electrons. The molecule has 1 N–H and O–H groups in total. The summed E-state index contributed by atoms with van der Waals surface area (Å²) in [6.45, 7) is 1.30. The number of carboxylic acids is 1. The second kappa shape index (κ2) is 4.85. The number of carboxylic acid groups (broad SMARTS) is 1. The van der Waals surface area contributed by atoms with Crippen molar-refractivity contribution >= 4 is 11.9 Å². The molecule has 0 aromatic rings. The quantitative estimate of drug-likeness (QED) is 0.788. The first kappa shape index (κ1) is 11.4. The van der Waals surface area contributed by atoms with Gasteiger partial charge < -0.3 is 10.0 Å². The van der Waals surface area contributed by atoms with E-state index in [-0.39, 0.29) is 18.2 Å². The van der Waals surface area contributed by atoms with E-state index in [1.165, 1.54) is 25.7 Å². The van der Waals surface area contributed by atoms with Crippen molar-refractivity contribution in [3.8, 4) is 0 Å². The number of hydrogen-bond acceptors (Lipinski definition) is 2. The first-order valence-corrected chi connectivity index (χ1v) is 6.14. The van der Waals surface area contributed by atoms with Crippen LogP contribution < -0.4 is 0 Å². The molecule has 1 saturated carbocycles. The van der Waals surface area contributed by atoms with Gasteiger partial charge >= 0.3 is 5.97 Å². The fourth-order valence-corrected chi connectivity index (χ4v) is 2.74. The lowest BCUT2D eigenvalue weighted by molar-refractivity contribution is -0.145. The van der Waals surface area contributed by atoms with Gasteiger partial charge in [0.05, 0.1) is 6.42 Å². The topological polar surface area (TPSA) is 57.6 Å². The number of carbonyl (C=O) groups is 2. The molecular weight excluding hydrogens is 206 g/mol. The third kappa shape index (κ3) is 2.74. The van der Waals surface area contributed by atoms with E-state index < -0.39 is 5.97 Å². The van der Waals surface area contributed by atoms with Gasteiger partial charge in [0.1, 0.15) is 0 Å². The number of nitrogens with zero attached hydrogens (tertiary/aromatic N) is 1. The van der Waals surface area contributed by atoms with E-state index in [4.69, 9.17) is 5.11 Å². The average molecular weight is 225 g/mol. The maximum atomic E-state index is 11.8. The van der Waals surface area contributed by atoms with E-state index in [0.717, 1.165) is 0 Å². The third-order valence-corrected chi connectivity index (χ3v) is 3.71. The molecule has 2 fully saturated rings. The van der Waals surface area contributed by atoms with Crippen LogP contribution in [0.2, 0.25) is 0 Å². The predicted octanol–water partition coefficient (Wildman–Crippen LogP) is 1.50. The largest absolute Gasteiger partial charge is 0.481 e. The number of carbonyl (C=O) groups excluding carboxylic acids is 1. The Balaban J connectivity index is 1.66. The first-order valence-electron chi connectivity index (χ1n) is 6.14. The number of hydrogen-bond donors (Lipinski definition) is 1. The van der Waals surface area contributed by atoms with Gasteiger partial charge in [0.2, 0.25) is 5.91 Å². The van der Waals surface area contributed by atoms with E-state index in [1.807, 2.05) is 4.90 Å². The summed E-state index contributed by atoms with van der Waals surface area (Å²) in [5.41, 5.74) is 0. The summed E-state index contributed by atoms with van der Waals surface area (Å²) in [6, 6.07) is 0. The van der Waals surface area contributed by atoms with Crippen LogP contribution in [0.1, 0.15) is 38.5 Å². The van der Waals surface area contributed by atoms with Gasteiger partial charge in [-0.3, -0.25) is 9.59 Å². The van der Waals surface area contributed by atoms with Crippen LogP contribution in [-0.2, 0) is 9.59 Å². The lowest BCUT2D eigenvalue weighted by atomic mass is 9.94. The number of amides is 1. The van der Waals surface area contributed by atoms with Crippen LogP contribution in [0.3, 0.4) is 0 Å². The van der Waals surface area contributed by atoms with Crippen molar-refractivity contribution in [3.05, 3.63) is 0 Å². The van der Waals surface area contributed by atoms with Gasteiger partial charge in [-0.25, -0.2) is 0 Å². The summed E-state index contributed by atoms with van der Waals surface area (Å²) in [5, 5.41) is 8.60. The molecule has 1 saturated heterocycles. The maximum Gasteiger partial charge on any atom is 0.303 e. The van der Waals surface area contributed by atoms with Crippen molar-refractivity contribution in [1.29, 1.82) is 0 Å². The highest BCUT2D eigenvalue weighted by molar-refractivity contribution is 5.77. The van der Waals surface area contributed by atoms with Gasteiger partial charge in [-0.2, -0.15) is 0 Å². The van der Waals surface area contributed by atoms with Crippen molar-refractivity contribution in [3.63, 3.8) is 0 Å². The molecule has 1 heterocycles. The molecule has 0 aromatic heterocycles. The summed E-state index contributed by atoms with van der Waals surface area (Å²) in [7, 11) is 0. The Morgan fingerprint density at radius 1 is 1.06 bits per heavy atom. The summed E-state index contributed by atoms with van der Waals surface area (Å²) in [4.78, 5) is 24.1. The average Bonchev–Trinajstić information content (AvgIpc) is 2.62. The number of rotatable bonds is 4. The number of aliphatic carboxylic acids is 1. The minimum absolute atomic E-state index is 0.185. The monoisotopic (exact) mass is 225 g/mol. The van der Waals surface area contributed by atoms with E-state index in [9.17, 15) is 9.59 Å². The van der Waals surface area contributed by atoms with Gasteiger partial charge in [-0.15, -0.1) is 0 Å². The molecule has 1 aliphatic heterocycles. The minimum Gasteiger partial charge on any atom is -0.481 e. The Morgan fingerprint density at radius 2 is 1.69 bits per heavy atom. The van der Waals surface area contributed by atoms with Crippen molar-refractivity contribution in [2.75, 3.05) is 13.1 Å². The summed E-state index contributed by atoms with van der Waals surface area (Å²) < 4.78 is 0. The third-order valence-electron chi connectivity index (χ3n) is 3.71. The zero-order valence-corrected chi connectivity index (χ0v) is 9.52. The Kier molecular flexibility index (Phi) is 3.46. The predicted molar refractivity (Wildman–Crippen MR) is 58.9 cm³/mol. The standard InChI is InChI=1S/C12H19NO3/c14-11(5-9-3-1-2-4-9)13-7-10(8-13)6-12(15)16/h9-10H,1-8H2,(H,15,16). The van der Waals surface area contributed by atoms with Crippen LogP contribution in [-0.4, -0.2) is 35.0 Å². The van der Waals surface area contributed by atoms with Crippen LogP contribution in [0.15, 0.2) is 0 Å². The zero-order valence-electron chi connectivity index (χ0n) is 9.52. The highest BCUT2D eigenvalue weighted by Gasteiger charge is 2.33. The van der Waals surface area contributed by atoms with Crippen molar-refractivity contribution in [2.45, 2.75) is 38.5 Å². The normalized spacial score (nSPS) is 22.1. The maximum absolute atomic E-state index is 11.8. The van der Waals surface area contributed by atoms with Crippen molar-refractivity contribution < 1.29 is 14.7 Å². The lowest BCUT2D eigenvalue weighted by Gasteiger charge is -2.39. The van der Waals surface area contributed by atoms with Crippen molar-refractivity contribution in [2.24, 2.45) is 11.8 Å². The Hall–Kier alpha value is -1.06. The van der Waals surface area contributed by atoms with Crippen molar-refractivity contribution in [1.82, 2.24) is 4.90 Å². The van der Waals surface area contributed by atoms with Crippen LogP contribution in [0.4, 0.5) is 0 Å². The molecule has 2 rings (SSSR count). The first-order chi connectivity index (χ1) is 7.65. The van der Waals surface area contributed by atoms with Gasteiger partial charge in [-0.05, 0) is 18.8 Å². The van der Waals surface area contributed by atoms with Gasteiger partial charge in [0.15, 0.2) is 0 Å². The van der Waals surface area contributed by atoms with E-state index in [1.54, 1.807) is 0 Å². The molecule has 2 aliphatic rings. The smallest absolute Gasteiger partial charge is 0.303 e. The number of likely N-dealkylation sites (tertiary alicyclic amines) is 1. The summed E-state index contributed by atoms with van der Waals surface area (Å²) >= 11 is 0. The second-order valence-corrected chi connectivity index (χ2v) is 5.12. The molecular formula is C12H19NO3. The molecule has 0 atom stereocenters. The van der Waals surface area contributed by atoms with E-state index >= 15 is 0 Å². The molecule has 0 aromatic carbocycles. The fourth-order valence-electron chi connectivity index (χ4n) is 2.74. The molecule has 1 amide bonds. The van der Waals surface area contributed by atoms with E-state index in [2.05, 4.69) is 0 Å². The minimum atomic E-state index is -0.757. The van der Waals surface area contributed by atoms with Crippen LogP contribution in [0.25, 0.3) is 0 Å². The molecule has 0 bridgehead atoms.